The van der Waals surface area contributed by atoms with E-state index in [0.717, 1.165) is 12.8 Å². The molecule has 2 rings (SSSR count). The molecule has 1 fully saturated rings. The fourth-order valence-corrected chi connectivity index (χ4v) is 2.28. The van der Waals surface area contributed by atoms with Gasteiger partial charge in [0.25, 0.3) is 6.04 Å². The Hall–Kier alpha value is -1.47. The van der Waals surface area contributed by atoms with E-state index < -0.39 is 16.7 Å². The van der Waals surface area contributed by atoms with Crippen molar-refractivity contribution in [2.45, 2.75) is 31.5 Å². The second kappa shape index (κ2) is 4.42. The van der Waals surface area contributed by atoms with Gasteiger partial charge in [-0.25, -0.2) is 4.98 Å². The molecule has 0 saturated carbocycles. The number of nitrogens with zero attached hydrogens (tertiary/aromatic N) is 3. The number of likely N-dealkylation sites (tertiary alicyclic amines) is 1. The summed E-state index contributed by atoms with van der Waals surface area (Å²) in [4.78, 5) is 19.0. The Morgan fingerprint density at radius 1 is 1.65 bits per heavy atom. The van der Waals surface area contributed by atoms with Crippen molar-refractivity contribution in [2.75, 3.05) is 13.1 Å². The molecule has 0 radical (unpaired) electrons. The van der Waals surface area contributed by atoms with Crippen molar-refractivity contribution in [2.24, 2.45) is 0 Å². The normalized spacial score (nSPS) is 22.2. The van der Waals surface area contributed by atoms with Gasteiger partial charge in [-0.05, 0) is 12.8 Å². The summed E-state index contributed by atoms with van der Waals surface area (Å²) in [5, 5.41) is 21.7. The van der Waals surface area contributed by atoms with E-state index in [0.29, 0.717) is 13.1 Å². The number of aliphatic hydroxyl groups is 1. The molecule has 2 heterocycles. The van der Waals surface area contributed by atoms with E-state index in [1.807, 2.05) is 0 Å². The Bertz CT molecular complexity index is 388. The molecule has 0 amide bonds. The summed E-state index contributed by atoms with van der Waals surface area (Å²) in [7, 11) is 0. The molecule has 1 aromatic heterocycles. The first kappa shape index (κ1) is 12.0. The van der Waals surface area contributed by atoms with E-state index in [1.54, 1.807) is 11.1 Å². The van der Waals surface area contributed by atoms with Gasteiger partial charge in [-0.15, -0.1) is 0 Å². The van der Waals surface area contributed by atoms with Crippen molar-refractivity contribution < 1.29 is 10.0 Å². The molecule has 17 heavy (non-hydrogen) atoms. The highest BCUT2D eigenvalue weighted by molar-refractivity contribution is 5.05. The number of hydrogen-bond donors (Lipinski definition) is 2. The SMILES string of the molecule is CC([N+](=O)[O-])C(O)(c1ncc[nH]1)N1CCCC1. The molecule has 7 nitrogen and oxygen atoms in total. The lowest BCUT2D eigenvalue weighted by atomic mass is 10.0. The molecule has 1 aliphatic rings. The molecule has 1 aliphatic heterocycles. The molecule has 94 valence electrons. The van der Waals surface area contributed by atoms with E-state index in [-0.39, 0.29) is 5.82 Å². The van der Waals surface area contributed by atoms with Crippen LogP contribution in [0.3, 0.4) is 0 Å². The predicted molar refractivity (Wildman–Crippen MR) is 59.7 cm³/mol. The number of imidazole rings is 1. The summed E-state index contributed by atoms with van der Waals surface area (Å²) in [6.45, 7) is 2.70. The largest absolute Gasteiger partial charge is 0.363 e. The first-order valence-corrected chi connectivity index (χ1v) is 5.67. The standard InChI is InChI=1S/C10H16N4O3/c1-8(14(16)17)10(15,9-11-4-5-12-9)13-6-2-3-7-13/h4-5,8,15H,2-3,6-7H2,1H3,(H,11,12). The number of rotatable bonds is 4. The second-order valence-corrected chi connectivity index (χ2v) is 4.32. The smallest absolute Gasteiger partial charge is 0.259 e. The number of H-pyrrole nitrogens is 1. The third kappa shape index (κ3) is 1.91. The highest BCUT2D eigenvalue weighted by Gasteiger charge is 2.51. The van der Waals surface area contributed by atoms with Gasteiger partial charge >= 0.3 is 0 Å². The van der Waals surface area contributed by atoms with Crippen LogP contribution in [0.5, 0.6) is 0 Å². The van der Waals surface area contributed by atoms with Gasteiger partial charge in [0.05, 0.1) is 0 Å². The Labute approximate surface area is 98.6 Å². The van der Waals surface area contributed by atoms with Gasteiger partial charge in [0.2, 0.25) is 5.72 Å². The van der Waals surface area contributed by atoms with Gasteiger partial charge in [0.15, 0.2) is 5.82 Å². The van der Waals surface area contributed by atoms with Crippen molar-refractivity contribution in [1.82, 2.24) is 14.9 Å². The lowest BCUT2D eigenvalue weighted by molar-refractivity contribution is -0.554. The fourth-order valence-electron chi connectivity index (χ4n) is 2.28. The number of nitrogens with one attached hydrogen (secondary N) is 1. The van der Waals surface area contributed by atoms with Crippen molar-refractivity contribution in [3.8, 4) is 0 Å². The summed E-state index contributed by atoms with van der Waals surface area (Å²) in [6, 6.07) is -1.13. The summed E-state index contributed by atoms with van der Waals surface area (Å²) in [6.07, 6.45) is 4.92. The van der Waals surface area contributed by atoms with Crippen molar-refractivity contribution in [1.29, 1.82) is 0 Å². The van der Waals surface area contributed by atoms with Gasteiger partial charge in [0.1, 0.15) is 0 Å². The quantitative estimate of drug-likeness (QED) is 0.583. The van der Waals surface area contributed by atoms with Gasteiger partial charge in [-0.2, -0.15) is 0 Å². The topological polar surface area (TPSA) is 95.3 Å². The Morgan fingerprint density at radius 3 is 2.76 bits per heavy atom. The van der Waals surface area contributed by atoms with Crippen LogP contribution in [0.4, 0.5) is 0 Å². The number of aromatic nitrogens is 2. The zero-order valence-electron chi connectivity index (χ0n) is 9.67. The molecule has 0 bridgehead atoms. The fraction of sp³-hybridized carbons (Fsp3) is 0.700. The lowest BCUT2D eigenvalue weighted by Crippen LogP contribution is -2.55. The minimum atomic E-state index is -1.65. The molecular formula is C10H16N4O3. The first-order chi connectivity index (χ1) is 8.06. The van der Waals surface area contributed by atoms with Crippen LogP contribution in [0.25, 0.3) is 0 Å². The van der Waals surface area contributed by atoms with E-state index in [4.69, 9.17) is 0 Å². The van der Waals surface area contributed by atoms with E-state index in [1.165, 1.54) is 13.1 Å². The third-order valence-corrected chi connectivity index (χ3v) is 3.33. The highest BCUT2D eigenvalue weighted by atomic mass is 16.6. The van der Waals surface area contributed by atoms with Gasteiger partial charge in [0, 0.05) is 37.3 Å². The average Bonchev–Trinajstić information content (AvgIpc) is 2.98. The number of hydrogen-bond acceptors (Lipinski definition) is 5. The zero-order valence-corrected chi connectivity index (χ0v) is 9.67. The summed E-state index contributed by atoms with van der Waals surface area (Å²) >= 11 is 0. The third-order valence-electron chi connectivity index (χ3n) is 3.33. The Kier molecular flexibility index (Phi) is 3.12. The van der Waals surface area contributed by atoms with Crippen LogP contribution >= 0.6 is 0 Å². The summed E-state index contributed by atoms with van der Waals surface area (Å²) in [5.41, 5.74) is -1.65. The zero-order chi connectivity index (χ0) is 12.5. The number of nitro groups is 1. The molecular weight excluding hydrogens is 224 g/mol. The average molecular weight is 240 g/mol. The molecule has 7 heteroatoms. The molecule has 0 aliphatic carbocycles. The van der Waals surface area contributed by atoms with Crippen molar-refractivity contribution >= 4 is 0 Å². The molecule has 2 atom stereocenters. The number of aromatic amines is 1. The maximum absolute atomic E-state index is 11.0. The Morgan fingerprint density at radius 2 is 2.29 bits per heavy atom. The maximum atomic E-state index is 11.0. The monoisotopic (exact) mass is 240 g/mol. The van der Waals surface area contributed by atoms with Crippen molar-refractivity contribution in [3.63, 3.8) is 0 Å². The summed E-state index contributed by atoms with van der Waals surface area (Å²) < 4.78 is 0. The van der Waals surface area contributed by atoms with Crippen LogP contribution in [0.2, 0.25) is 0 Å². The maximum Gasteiger partial charge on any atom is 0.259 e. The first-order valence-electron chi connectivity index (χ1n) is 5.67. The van der Waals surface area contributed by atoms with E-state index in [9.17, 15) is 15.2 Å². The van der Waals surface area contributed by atoms with Gasteiger partial charge in [-0.1, -0.05) is 0 Å². The molecule has 0 spiro atoms. The van der Waals surface area contributed by atoms with Crippen LogP contribution < -0.4 is 0 Å². The summed E-state index contributed by atoms with van der Waals surface area (Å²) in [5.74, 6) is 0.239. The molecule has 2 N–H and O–H groups in total. The Balaban J connectivity index is 2.38. The molecule has 2 unspecified atom stereocenters. The van der Waals surface area contributed by atoms with Crippen LogP contribution in [-0.2, 0) is 5.72 Å². The minimum Gasteiger partial charge on any atom is -0.363 e. The second-order valence-electron chi connectivity index (χ2n) is 4.32. The van der Waals surface area contributed by atoms with Gasteiger partial charge < -0.3 is 10.1 Å². The highest BCUT2D eigenvalue weighted by Crippen LogP contribution is 2.31. The molecule has 1 aromatic rings. The van der Waals surface area contributed by atoms with Crippen molar-refractivity contribution in [3.05, 3.63) is 28.3 Å². The van der Waals surface area contributed by atoms with E-state index in [2.05, 4.69) is 9.97 Å². The van der Waals surface area contributed by atoms with Crippen LogP contribution in [0, 0.1) is 10.1 Å². The van der Waals surface area contributed by atoms with E-state index >= 15 is 0 Å². The van der Waals surface area contributed by atoms with Crippen LogP contribution in [0.15, 0.2) is 12.4 Å². The molecule has 0 aromatic carbocycles. The predicted octanol–water partition coefficient (Wildman–Crippen LogP) is 0.316. The van der Waals surface area contributed by atoms with Crippen LogP contribution in [-0.4, -0.2) is 44.0 Å². The van der Waals surface area contributed by atoms with Crippen LogP contribution in [0.1, 0.15) is 25.6 Å². The minimum absolute atomic E-state index is 0.239. The molecule has 1 saturated heterocycles. The lowest BCUT2D eigenvalue weighted by Gasteiger charge is -2.35. The van der Waals surface area contributed by atoms with Gasteiger partial charge in [-0.3, -0.25) is 15.0 Å².